The van der Waals surface area contributed by atoms with Crippen LogP contribution in [0.15, 0.2) is 36.8 Å². The third-order valence-electron chi connectivity index (χ3n) is 3.98. The van der Waals surface area contributed by atoms with Crippen molar-refractivity contribution < 1.29 is 14.3 Å². The number of likely N-dealkylation sites (N-methyl/N-ethyl adjacent to an activating group) is 1. The lowest BCUT2D eigenvalue weighted by atomic mass is 10.1. The highest BCUT2D eigenvalue weighted by molar-refractivity contribution is 6.30. The van der Waals surface area contributed by atoms with Crippen molar-refractivity contribution in [3.05, 3.63) is 52.9 Å². The van der Waals surface area contributed by atoms with Gasteiger partial charge in [0.2, 0.25) is 11.8 Å². The maximum absolute atomic E-state index is 12.5. The summed E-state index contributed by atoms with van der Waals surface area (Å²) in [6.07, 6.45) is 2.98. The van der Waals surface area contributed by atoms with E-state index in [1.54, 1.807) is 25.2 Å². The number of benzene rings is 1. The van der Waals surface area contributed by atoms with Crippen LogP contribution in [0.5, 0.6) is 5.88 Å². The molecule has 1 atom stereocenters. The number of hydrogen-bond donors (Lipinski definition) is 1. The number of nitrogens with one attached hydrogen (secondary N) is 1. The molecule has 0 saturated heterocycles. The summed E-state index contributed by atoms with van der Waals surface area (Å²) in [5.74, 6) is -0.119. The third-order valence-corrected chi connectivity index (χ3v) is 4.21. The predicted octanol–water partition coefficient (Wildman–Crippen LogP) is 1.32. The molecule has 0 radical (unpaired) electrons. The first-order valence-electron chi connectivity index (χ1n) is 7.75. The molecular weight excluding hydrogens is 344 g/mol. The summed E-state index contributed by atoms with van der Waals surface area (Å²) in [4.78, 5) is 34.0. The molecule has 1 aromatic heterocycles. The number of amides is 2. The molecule has 0 saturated carbocycles. The van der Waals surface area contributed by atoms with Gasteiger partial charge in [0.25, 0.3) is 5.91 Å². The average molecular weight is 361 g/mol. The van der Waals surface area contributed by atoms with Crippen LogP contribution in [0.2, 0.25) is 5.02 Å². The summed E-state index contributed by atoms with van der Waals surface area (Å²) < 4.78 is 5.59. The molecular formula is C17H17ClN4O3. The van der Waals surface area contributed by atoms with Gasteiger partial charge >= 0.3 is 0 Å². The quantitative estimate of drug-likeness (QED) is 0.889. The number of halogens is 1. The Labute approximate surface area is 150 Å². The van der Waals surface area contributed by atoms with Crippen LogP contribution in [0.1, 0.15) is 15.9 Å². The molecule has 1 aliphatic heterocycles. The van der Waals surface area contributed by atoms with Crippen LogP contribution in [0.25, 0.3) is 0 Å². The van der Waals surface area contributed by atoms with Crippen molar-refractivity contribution in [2.75, 3.05) is 20.2 Å². The molecule has 0 bridgehead atoms. The zero-order valence-corrected chi connectivity index (χ0v) is 14.4. The summed E-state index contributed by atoms with van der Waals surface area (Å²) in [5, 5.41) is 3.42. The van der Waals surface area contributed by atoms with Crippen molar-refractivity contribution in [2.45, 2.75) is 12.5 Å². The van der Waals surface area contributed by atoms with Gasteiger partial charge in [0.15, 0.2) is 0 Å². The number of hydrogen-bond acceptors (Lipinski definition) is 5. The summed E-state index contributed by atoms with van der Waals surface area (Å²) in [6.45, 7) is 0.521. The van der Waals surface area contributed by atoms with Crippen LogP contribution in [-0.4, -0.2) is 52.9 Å². The monoisotopic (exact) mass is 360 g/mol. The van der Waals surface area contributed by atoms with E-state index in [4.69, 9.17) is 16.3 Å². The molecule has 2 amide bonds. The van der Waals surface area contributed by atoms with Gasteiger partial charge in [-0.05, 0) is 17.7 Å². The maximum atomic E-state index is 12.5. The normalized spacial score (nSPS) is 16.6. The number of rotatable bonds is 4. The molecule has 1 aromatic carbocycles. The number of fused-ring (bicyclic) bond motifs is 1. The van der Waals surface area contributed by atoms with Crippen molar-refractivity contribution in [3.63, 3.8) is 0 Å². The van der Waals surface area contributed by atoms with Crippen molar-refractivity contribution in [2.24, 2.45) is 0 Å². The molecule has 0 aliphatic carbocycles. The van der Waals surface area contributed by atoms with Gasteiger partial charge in [-0.2, -0.15) is 0 Å². The van der Waals surface area contributed by atoms with Crippen molar-refractivity contribution >= 4 is 23.4 Å². The minimum Gasteiger partial charge on any atom is -0.475 e. The molecule has 8 heteroatoms. The Hall–Kier alpha value is -2.67. The second-order valence-electron chi connectivity index (χ2n) is 5.73. The molecule has 130 valence electrons. The maximum Gasteiger partial charge on any atom is 0.261 e. The lowest BCUT2D eigenvalue weighted by molar-refractivity contribution is -0.120. The molecule has 1 N–H and O–H groups in total. The predicted molar refractivity (Wildman–Crippen MR) is 91.6 cm³/mol. The van der Waals surface area contributed by atoms with Crippen LogP contribution in [0.4, 0.5) is 0 Å². The Morgan fingerprint density at radius 1 is 1.48 bits per heavy atom. The van der Waals surface area contributed by atoms with Crippen LogP contribution < -0.4 is 10.1 Å². The van der Waals surface area contributed by atoms with Crippen molar-refractivity contribution in [3.8, 4) is 5.88 Å². The van der Waals surface area contributed by atoms with Gasteiger partial charge in [0.05, 0.1) is 12.5 Å². The van der Waals surface area contributed by atoms with Gasteiger partial charge in [0, 0.05) is 24.8 Å². The summed E-state index contributed by atoms with van der Waals surface area (Å²) in [6, 6.07) is 6.85. The Morgan fingerprint density at radius 2 is 2.32 bits per heavy atom. The van der Waals surface area contributed by atoms with Gasteiger partial charge in [-0.15, -0.1) is 0 Å². The molecule has 0 fully saturated rings. The fraction of sp³-hybridized carbons (Fsp3) is 0.294. The number of aromatic nitrogens is 2. The Bertz CT molecular complexity index is 799. The molecule has 2 heterocycles. The fourth-order valence-corrected chi connectivity index (χ4v) is 2.76. The Kier molecular flexibility index (Phi) is 5.14. The number of ether oxygens (including phenoxy) is 1. The van der Waals surface area contributed by atoms with Gasteiger partial charge in [-0.3, -0.25) is 9.59 Å². The minimum absolute atomic E-state index is 0.148. The van der Waals surface area contributed by atoms with E-state index in [0.717, 1.165) is 5.56 Å². The second kappa shape index (κ2) is 7.48. The highest BCUT2D eigenvalue weighted by Gasteiger charge is 2.29. The SMILES string of the molecule is CN1C(=O)c2cncnc2OCC1CNC(=O)Cc1cccc(Cl)c1. The highest BCUT2D eigenvalue weighted by Crippen LogP contribution is 2.20. The fourth-order valence-electron chi connectivity index (χ4n) is 2.55. The molecule has 0 spiro atoms. The van der Waals surface area contributed by atoms with Gasteiger partial charge < -0.3 is 15.0 Å². The number of carbonyl (C=O) groups excluding carboxylic acids is 2. The summed E-state index contributed by atoms with van der Waals surface area (Å²) in [5.41, 5.74) is 1.15. The van der Waals surface area contributed by atoms with Crippen LogP contribution in [-0.2, 0) is 11.2 Å². The topological polar surface area (TPSA) is 84.4 Å². The minimum atomic E-state index is -0.301. The zero-order valence-electron chi connectivity index (χ0n) is 13.6. The van der Waals surface area contributed by atoms with E-state index >= 15 is 0 Å². The first-order chi connectivity index (χ1) is 12.0. The molecule has 1 aliphatic rings. The van der Waals surface area contributed by atoms with E-state index < -0.39 is 0 Å². The van der Waals surface area contributed by atoms with Crippen molar-refractivity contribution in [1.29, 1.82) is 0 Å². The van der Waals surface area contributed by atoms with Gasteiger partial charge in [-0.25, -0.2) is 9.97 Å². The first-order valence-corrected chi connectivity index (χ1v) is 8.13. The first kappa shape index (κ1) is 17.2. The van der Waals surface area contributed by atoms with E-state index in [2.05, 4.69) is 15.3 Å². The zero-order chi connectivity index (χ0) is 17.8. The van der Waals surface area contributed by atoms with E-state index in [-0.39, 0.29) is 43.3 Å². The average Bonchev–Trinajstić information content (AvgIpc) is 2.72. The van der Waals surface area contributed by atoms with Gasteiger partial charge in [-0.1, -0.05) is 23.7 Å². The second-order valence-corrected chi connectivity index (χ2v) is 6.17. The van der Waals surface area contributed by atoms with E-state index in [9.17, 15) is 9.59 Å². The van der Waals surface area contributed by atoms with Crippen LogP contribution in [0, 0.1) is 0 Å². The van der Waals surface area contributed by atoms with Gasteiger partial charge in [0.1, 0.15) is 18.5 Å². The lowest BCUT2D eigenvalue weighted by Crippen LogP contribution is -2.46. The third kappa shape index (κ3) is 4.06. The standard InChI is InChI=1S/C17H17ClN4O3/c1-22-13(9-25-16-14(17(22)24)8-19-10-21-16)7-20-15(23)6-11-3-2-4-12(18)5-11/h2-5,8,10,13H,6-7,9H2,1H3,(H,20,23). The molecule has 1 unspecified atom stereocenters. The van der Waals surface area contributed by atoms with E-state index in [1.807, 2.05) is 6.07 Å². The smallest absolute Gasteiger partial charge is 0.261 e. The Morgan fingerprint density at radius 3 is 3.12 bits per heavy atom. The number of nitrogens with zero attached hydrogens (tertiary/aromatic N) is 3. The summed E-state index contributed by atoms with van der Waals surface area (Å²) in [7, 11) is 1.67. The molecule has 7 nitrogen and oxygen atoms in total. The summed E-state index contributed by atoms with van der Waals surface area (Å²) >= 11 is 5.92. The lowest BCUT2D eigenvalue weighted by Gasteiger charge is -2.25. The molecule has 25 heavy (non-hydrogen) atoms. The van der Waals surface area contributed by atoms with E-state index in [0.29, 0.717) is 10.6 Å². The Balaban J connectivity index is 1.60. The largest absolute Gasteiger partial charge is 0.475 e. The van der Waals surface area contributed by atoms with Crippen molar-refractivity contribution in [1.82, 2.24) is 20.2 Å². The number of carbonyl (C=O) groups is 2. The van der Waals surface area contributed by atoms with Crippen LogP contribution >= 0.6 is 11.6 Å². The van der Waals surface area contributed by atoms with E-state index in [1.165, 1.54) is 17.4 Å². The highest BCUT2D eigenvalue weighted by atomic mass is 35.5. The molecule has 3 rings (SSSR count). The van der Waals surface area contributed by atoms with Crippen LogP contribution in [0.3, 0.4) is 0 Å². The molecule has 2 aromatic rings.